The third kappa shape index (κ3) is 2.18. The lowest BCUT2D eigenvalue weighted by Crippen LogP contribution is -2.21. The molecule has 3 aromatic rings. The Morgan fingerprint density at radius 3 is 2.60 bits per heavy atom. The van der Waals surface area contributed by atoms with Crippen LogP contribution in [0.2, 0.25) is 0 Å². The summed E-state index contributed by atoms with van der Waals surface area (Å²) in [5.74, 6) is 0.626. The molecule has 3 rings (SSSR count). The van der Waals surface area contributed by atoms with Crippen molar-refractivity contribution in [2.45, 2.75) is 20.4 Å². The Morgan fingerprint density at radius 2 is 1.85 bits per heavy atom. The third-order valence-electron chi connectivity index (χ3n) is 3.34. The number of nitrogens with one attached hydrogen (secondary N) is 2. The maximum Gasteiger partial charge on any atom is 0.258 e. The predicted octanol–water partition coefficient (Wildman–Crippen LogP) is 2.09. The van der Waals surface area contributed by atoms with Crippen molar-refractivity contribution in [3.8, 4) is 0 Å². The Hall–Kier alpha value is -2.56. The minimum Gasteiger partial charge on any atom is -0.318 e. The SMILES string of the molecule is Cc1ccc(C)n1NCc1nc2ccccc2c(=O)[nH]1. The highest BCUT2D eigenvalue weighted by Crippen LogP contribution is 2.07. The fraction of sp³-hybridized carbons (Fsp3) is 0.200. The van der Waals surface area contributed by atoms with Crippen LogP contribution in [0.15, 0.2) is 41.2 Å². The van der Waals surface area contributed by atoms with Gasteiger partial charge in [-0.05, 0) is 38.1 Å². The number of para-hydroxylation sites is 1. The molecule has 102 valence electrons. The monoisotopic (exact) mass is 268 g/mol. The molecule has 0 aliphatic heterocycles. The molecule has 20 heavy (non-hydrogen) atoms. The van der Waals surface area contributed by atoms with Crippen LogP contribution in [0.1, 0.15) is 17.2 Å². The summed E-state index contributed by atoms with van der Waals surface area (Å²) in [5, 5.41) is 0.615. The lowest BCUT2D eigenvalue weighted by Gasteiger charge is -2.12. The van der Waals surface area contributed by atoms with Gasteiger partial charge in [0.2, 0.25) is 0 Å². The maximum absolute atomic E-state index is 12.0. The van der Waals surface area contributed by atoms with Crippen LogP contribution in [-0.4, -0.2) is 14.6 Å². The Morgan fingerprint density at radius 1 is 1.15 bits per heavy atom. The molecule has 0 aliphatic rings. The summed E-state index contributed by atoms with van der Waals surface area (Å²) in [6, 6.07) is 11.4. The van der Waals surface area contributed by atoms with E-state index in [1.165, 1.54) is 0 Å². The number of rotatable bonds is 3. The summed E-state index contributed by atoms with van der Waals surface area (Å²) >= 11 is 0. The summed E-state index contributed by atoms with van der Waals surface area (Å²) in [4.78, 5) is 19.2. The summed E-state index contributed by atoms with van der Waals surface area (Å²) in [6.45, 7) is 4.52. The van der Waals surface area contributed by atoms with Gasteiger partial charge in [-0.25, -0.2) is 4.98 Å². The molecule has 0 aliphatic carbocycles. The normalized spacial score (nSPS) is 10.9. The number of nitrogens with zero attached hydrogens (tertiary/aromatic N) is 2. The van der Waals surface area contributed by atoms with Gasteiger partial charge < -0.3 is 10.4 Å². The summed E-state index contributed by atoms with van der Waals surface area (Å²) < 4.78 is 1.98. The van der Waals surface area contributed by atoms with E-state index in [9.17, 15) is 4.79 Å². The van der Waals surface area contributed by atoms with E-state index in [-0.39, 0.29) is 5.56 Å². The van der Waals surface area contributed by atoms with Crippen molar-refractivity contribution in [3.63, 3.8) is 0 Å². The minimum absolute atomic E-state index is 0.103. The number of hydrogen-bond acceptors (Lipinski definition) is 3. The number of hydrogen-bond donors (Lipinski definition) is 2. The third-order valence-corrected chi connectivity index (χ3v) is 3.34. The molecule has 5 heteroatoms. The first-order valence-corrected chi connectivity index (χ1v) is 6.52. The minimum atomic E-state index is -0.103. The number of fused-ring (bicyclic) bond motifs is 1. The van der Waals surface area contributed by atoms with E-state index in [0.29, 0.717) is 23.3 Å². The lowest BCUT2D eigenvalue weighted by molar-refractivity contribution is 0.764. The summed E-state index contributed by atoms with van der Waals surface area (Å²) in [5.41, 5.74) is 6.10. The Bertz CT molecular complexity index is 797. The molecule has 0 fully saturated rings. The molecule has 0 amide bonds. The highest BCUT2D eigenvalue weighted by atomic mass is 16.1. The first kappa shape index (κ1) is 12.5. The molecular weight excluding hydrogens is 252 g/mol. The van der Waals surface area contributed by atoms with E-state index in [1.807, 2.05) is 48.9 Å². The number of aryl methyl sites for hydroxylation is 2. The molecular formula is C15H16N4O. The van der Waals surface area contributed by atoms with Gasteiger partial charge >= 0.3 is 0 Å². The number of benzene rings is 1. The molecule has 2 heterocycles. The Balaban J connectivity index is 1.90. The van der Waals surface area contributed by atoms with Crippen molar-refractivity contribution in [3.05, 3.63) is 64.0 Å². The maximum atomic E-state index is 12.0. The van der Waals surface area contributed by atoms with E-state index >= 15 is 0 Å². The molecule has 5 nitrogen and oxygen atoms in total. The van der Waals surface area contributed by atoms with E-state index in [1.54, 1.807) is 6.07 Å². The van der Waals surface area contributed by atoms with Gasteiger partial charge in [0.05, 0.1) is 17.4 Å². The topological polar surface area (TPSA) is 62.7 Å². The molecule has 0 atom stereocenters. The highest BCUT2D eigenvalue weighted by molar-refractivity contribution is 5.77. The van der Waals surface area contributed by atoms with Crippen LogP contribution >= 0.6 is 0 Å². The van der Waals surface area contributed by atoms with Crippen molar-refractivity contribution in [2.75, 3.05) is 5.43 Å². The van der Waals surface area contributed by atoms with Gasteiger partial charge in [-0.1, -0.05) is 12.1 Å². The zero-order valence-corrected chi connectivity index (χ0v) is 11.5. The molecule has 0 saturated carbocycles. The highest BCUT2D eigenvalue weighted by Gasteiger charge is 2.04. The van der Waals surface area contributed by atoms with Crippen molar-refractivity contribution >= 4 is 10.9 Å². The molecule has 2 aromatic heterocycles. The van der Waals surface area contributed by atoms with Crippen LogP contribution < -0.4 is 11.0 Å². The molecule has 0 saturated heterocycles. The van der Waals surface area contributed by atoms with Gasteiger partial charge in [0.15, 0.2) is 0 Å². The molecule has 0 bridgehead atoms. The van der Waals surface area contributed by atoms with Gasteiger partial charge in [0.1, 0.15) is 5.82 Å². The molecule has 0 radical (unpaired) electrons. The molecule has 0 unspecified atom stereocenters. The van der Waals surface area contributed by atoms with Crippen LogP contribution in [0.4, 0.5) is 0 Å². The summed E-state index contributed by atoms with van der Waals surface area (Å²) in [7, 11) is 0. The van der Waals surface area contributed by atoms with Gasteiger partial charge in [-0.2, -0.15) is 0 Å². The molecule has 1 aromatic carbocycles. The smallest absolute Gasteiger partial charge is 0.258 e. The van der Waals surface area contributed by atoms with Gasteiger partial charge in [-0.3, -0.25) is 9.47 Å². The van der Waals surface area contributed by atoms with Crippen LogP contribution in [0.3, 0.4) is 0 Å². The van der Waals surface area contributed by atoms with Gasteiger partial charge in [0.25, 0.3) is 5.56 Å². The van der Waals surface area contributed by atoms with E-state index in [2.05, 4.69) is 15.4 Å². The van der Waals surface area contributed by atoms with Crippen molar-refractivity contribution in [1.82, 2.24) is 14.6 Å². The predicted molar refractivity (Wildman–Crippen MR) is 79.3 cm³/mol. The fourth-order valence-electron chi connectivity index (χ4n) is 2.29. The average molecular weight is 268 g/mol. The van der Waals surface area contributed by atoms with Crippen molar-refractivity contribution in [1.29, 1.82) is 0 Å². The fourth-order valence-corrected chi connectivity index (χ4v) is 2.29. The summed E-state index contributed by atoms with van der Waals surface area (Å²) in [6.07, 6.45) is 0. The van der Waals surface area contributed by atoms with Crippen LogP contribution in [0.5, 0.6) is 0 Å². The molecule has 2 N–H and O–H groups in total. The van der Waals surface area contributed by atoms with Gasteiger partial charge in [-0.15, -0.1) is 0 Å². The second kappa shape index (κ2) is 4.85. The largest absolute Gasteiger partial charge is 0.318 e. The van der Waals surface area contributed by atoms with Crippen LogP contribution in [0.25, 0.3) is 10.9 Å². The number of aromatic amines is 1. The zero-order valence-electron chi connectivity index (χ0n) is 11.5. The van der Waals surface area contributed by atoms with Crippen molar-refractivity contribution < 1.29 is 0 Å². The standard InChI is InChI=1S/C15H16N4O/c1-10-7-8-11(2)19(10)16-9-14-17-13-6-4-3-5-12(13)15(20)18-14/h3-8,16H,9H2,1-2H3,(H,17,18,20). The number of H-pyrrole nitrogens is 1. The second-order valence-corrected chi connectivity index (χ2v) is 4.82. The Labute approximate surface area is 116 Å². The first-order valence-electron chi connectivity index (χ1n) is 6.52. The Kier molecular flexibility index (Phi) is 3.02. The molecule has 0 spiro atoms. The number of aromatic nitrogens is 3. The second-order valence-electron chi connectivity index (χ2n) is 4.82. The first-order chi connectivity index (χ1) is 9.65. The quantitative estimate of drug-likeness (QED) is 0.764. The van der Waals surface area contributed by atoms with Crippen LogP contribution in [0, 0.1) is 13.8 Å². The van der Waals surface area contributed by atoms with Crippen molar-refractivity contribution in [2.24, 2.45) is 0 Å². The van der Waals surface area contributed by atoms with Crippen LogP contribution in [-0.2, 0) is 6.54 Å². The van der Waals surface area contributed by atoms with E-state index < -0.39 is 0 Å². The zero-order chi connectivity index (χ0) is 14.1. The van der Waals surface area contributed by atoms with Gasteiger partial charge in [0, 0.05) is 11.4 Å². The van der Waals surface area contributed by atoms with E-state index in [4.69, 9.17) is 0 Å². The lowest BCUT2D eigenvalue weighted by atomic mass is 10.2. The average Bonchev–Trinajstić information content (AvgIpc) is 2.76. The van der Waals surface area contributed by atoms with E-state index in [0.717, 1.165) is 11.4 Å².